The Morgan fingerprint density at radius 1 is 1.50 bits per heavy atom. The summed E-state index contributed by atoms with van der Waals surface area (Å²) >= 11 is 1.55. The number of carbonyl (C=O) groups is 1. The summed E-state index contributed by atoms with van der Waals surface area (Å²) in [4.78, 5) is 13.7. The minimum Gasteiger partial charge on any atom is -0.351 e. The topological polar surface area (TPSA) is 29.1 Å². The lowest BCUT2D eigenvalue weighted by molar-refractivity contribution is 0.0957. The summed E-state index contributed by atoms with van der Waals surface area (Å²) in [6.45, 7) is 4.76. The summed E-state index contributed by atoms with van der Waals surface area (Å²) in [5.74, 6) is 2.62. The first-order valence-electron chi connectivity index (χ1n) is 5.44. The van der Waals surface area contributed by atoms with Gasteiger partial charge in [0.15, 0.2) is 0 Å². The lowest BCUT2D eigenvalue weighted by atomic mass is 10.2. The monoisotopic (exact) mass is 235 g/mol. The summed E-state index contributed by atoms with van der Waals surface area (Å²) in [6, 6.07) is 1.94. The molecule has 0 fully saturated rings. The molecule has 0 unspecified atom stereocenters. The predicted octanol–water partition coefficient (Wildman–Crippen LogP) is 2.90. The average Bonchev–Trinajstić information content (AvgIpc) is 2.59. The van der Waals surface area contributed by atoms with Crippen LogP contribution in [0.5, 0.6) is 0 Å². The van der Waals surface area contributed by atoms with E-state index in [1.165, 1.54) is 10.4 Å². The van der Waals surface area contributed by atoms with E-state index in [9.17, 15) is 4.79 Å². The fourth-order valence-corrected chi connectivity index (χ4v) is 2.28. The number of unbranched alkanes of at least 4 members (excludes halogenated alkanes) is 2. The zero-order valence-electron chi connectivity index (χ0n) is 9.80. The first-order valence-corrected chi connectivity index (χ1v) is 6.25. The fraction of sp³-hybridized carbons (Fsp3) is 0.462. The molecule has 3 heteroatoms. The lowest BCUT2D eigenvalue weighted by Crippen LogP contribution is -2.23. The van der Waals surface area contributed by atoms with Crippen LogP contribution in [0.2, 0.25) is 0 Å². The van der Waals surface area contributed by atoms with Gasteiger partial charge in [-0.05, 0) is 38.3 Å². The van der Waals surface area contributed by atoms with Gasteiger partial charge in [-0.3, -0.25) is 4.79 Å². The molecule has 0 radical (unpaired) electrons. The van der Waals surface area contributed by atoms with Crippen molar-refractivity contribution in [1.29, 1.82) is 0 Å². The number of rotatable bonds is 5. The number of carbonyl (C=O) groups excluding carboxylic acids is 1. The van der Waals surface area contributed by atoms with Crippen molar-refractivity contribution in [3.63, 3.8) is 0 Å². The largest absolute Gasteiger partial charge is 0.351 e. The molecule has 0 spiro atoms. The molecule has 1 rings (SSSR count). The van der Waals surface area contributed by atoms with Gasteiger partial charge < -0.3 is 5.32 Å². The summed E-state index contributed by atoms with van der Waals surface area (Å²) in [6.07, 6.45) is 7.85. The molecule has 86 valence electrons. The van der Waals surface area contributed by atoms with Crippen LogP contribution in [0, 0.1) is 26.2 Å². The first-order chi connectivity index (χ1) is 7.65. The predicted molar refractivity (Wildman–Crippen MR) is 68.8 cm³/mol. The zero-order valence-corrected chi connectivity index (χ0v) is 10.6. The van der Waals surface area contributed by atoms with Gasteiger partial charge in [-0.1, -0.05) is 0 Å². The van der Waals surface area contributed by atoms with E-state index in [0.29, 0.717) is 6.54 Å². The highest BCUT2D eigenvalue weighted by Crippen LogP contribution is 2.20. The summed E-state index contributed by atoms with van der Waals surface area (Å²) in [5, 5.41) is 2.90. The Kier molecular flexibility index (Phi) is 5.07. The molecule has 0 aliphatic rings. The number of hydrogen-bond donors (Lipinski definition) is 1. The van der Waals surface area contributed by atoms with Gasteiger partial charge in [0, 0.05) is 17.8 Å². The number of nitrogens with one attached hydrogen (secondary N) is 1. The number of aryl methyl sites for hydroxylation is 2. The van der Waals surface area contributed by atoms with E-state index in [1.54, 1.807) is 11.3 Å². The summed E-state index contributed by atoms with van der Waals surface area (Å²) < 4.78 is 0. The van der Waals surface area contributed by atoms with E-state index in [1.807, 2.05) is 19.9 Å². The van der Waals surface area contributed by atoms with Crippen molar-refractivity contribution in [1.82, 2.24) is 5.32 Å². The van der Waals surface area contributed by atoms with Crippen molar-refractivity contribution in [3.8, 4) is 12.3 Å². The number of thiophene rings is 1. The Morgan fingerprint density at radius 2 is 2.25 bits per heavy atom. The van der Waals surface area contributed by atoms with Crippen molar-refractivity contribution in [3.05, 3.63) is 21.4 Å². The molecule has 0 aliphatic carbocycles. The van der Waals surface area contributed by atoms with Crippen molar-refractivity contribution < 1.29 is 4.79 Å². The molecule has 1 amide bonds. The molecule has 16 heavy (non-hydrogen) atoms. The van der Waals surface area contributed by atoms with Gasteiger partial charge in [0.1, 0.15) is 0 Å². The molecule has 0 aromatic carbocycles. The Morgan fingerprint density at radius 3 is 2.81 bits per heavy atom. The third-order valence-corrected chi connectivity index (χ3v) is 3.57. The highest BCUT2D eigenvalue weighted by Gasteiger charge is 2.09. The molecule has 0 saturated heterocycles. The van der Waals surface area contributed by atoms with Gasteiger partial charge in [-0.2, -0.15) is 0 Å². The van der Waals surface area contributed by atoms with Crippen molar-refractivity contribution in [2.24, 2.45) is 0 Å². The molecule has 0 saturated carbocycles. The lowest BCUT2D eigenvalue weighted by Gasteiger charge is -2.01. The van der Waals surface area contributed by atoms with Crippen LogP contribution in [0.25, 0.3) is 0 Å². The molecule has 1 aromatic heterocycles. The van der Waals surface area contributed by atoms with Gasteiger partial charge in [0.05, 0.1) is 4.88 Å². The van der Waals surface area contributed by atoms with Crippen LogP contribution in [0.1, 0.15) is 39.4 Å². The molecule has 1 N–H and O–H groups in total. The van der Waals surface area contributed by atoms with Crippen LogP contribution >= 0.6 is 11.3 Å². The first kappa shape index (κ1) is 12.8. The van der Waals surface area contributed by atoms with Gasteiger partial charge in [-0.25, -0.2) is 0 Å². The molecule has 0 bridgehead atoms. The maximum atomic E-state index is 11.7. The van der Waals surface area contributed by atoms with Crippen LogP contribution in [0.3, 0.4) is 0 Å². The van der Waals surface area contributed by atoms with Crippen molar-refractivity contribution >= 4 is 17.2 Å². The van der Waals surface area contributed by atoms with Crippen LogP contribution < -0.4 is 5.32 Å². The van der Waals surface area contributed by atoms with E-state index in [-0.39, 0.29) is 5.91 Å². The number of hydrogen-bond acceptors (Lipinski definition) is 2. The second-order valence-corrected chi connectivity index (χ2v) is 5.02. The van der Waals surface area contributed by atoms with E-state index < -0.39 is 0 Å². The van der Waals surface area contributed by atoms with E-state index in [2.05, 4.69) is 11.2 Å². The Hall–Kier alpha value is -1.27. The highest BCUT2D eigenvalue weighted by atomic mass is 32.1. The second-order valence-electron chi connectivity index (χ2n) is 3.77. The van der Waals surface area contributed by atoms with Crippen molar-refractivity contribution in [2.45, 2.75) is 33.1 Å². The van der Waals surface area contributed by atoms with Crippen LogP contribution in [0.15, 0.2) is 6.07 Å². The molecular formula is C13H17NOS. The molecule has 1 aromatic rings. The average molecular weight is 235 g/mol. The van der Waals surface area contributed by atoms with Gasteiger partial charge in [0.25, 0.3) is 5.91 Å². The second kappa shape index (κ2) is 6.34. The smallest absolute Gasteiger partial charge is 0.261 e. The van der Waals surface area contributed by atoms with Gasteiger partial charge in [-0.15, -0.1) is 23.7 Å². The SMILES string of the molecule is C#CCCCCNC(=O)c1cc(C)c(C)s1. The Balaban J connectivity index is 2.33. The van der Waals surface area contributed by atoms with Gasteiger partial charge >= 0.3 is 0 Å². The number of terminal acetylenes is 1. The van der Waals surface area contributed by atoms with Crippen LogP contribution in [0.4, 0.5) is 0 Å². The highest BCUT2D eigenvalue weighted by molar-refractivity contribution is 7.14. The van der Waals surface area contributed by atoms with E-state index in [4.69, 9.17) is 6.42 Å². The molecule has 1 heterocycles. The normalized spacial score (nSPS) is 9.81. The molecular weight excluding hydrogens is 218 g/mol. The maximum absolute atomic E-state index is 11.7. The number of amides is 1. The Labute approximate surface area is 101 Å². The summed E-state index contributed by atoms with van der Waals surface area (Å²) in [7, 11) is 0. The molecule has 0 atom stereocenters. The molecule has 0 aliphatic heterocycles. The third kappa shape index (κ3) is 3.71. The van der Waals surface area contributed by atoms with Gasteiger partial charge in [0.2, 0.25) is 0 Å². The van der Waals surface area contributed by atoms with Crippen LogP contribution in [-0.2, 0) is 0 Å². The van der Waals surface area contributed by atoms with Crippen molar-refractivity contribution in [2.75, 3.05) is 6.54 Å². The quantitative estimate of drug-likeness (QED) is 0.617. The Bertz CT molecular complexity index is 381. The van der Waals surface area contributed by atoms with Crippen LogP contribution in [-0.4, -0.2) is 12.5 Å². The summed E-state index contributed by atoms with van der Waals surface area (Å²) in [5.41, 5.74) is 1.18. The minimum absolute atomic E-state index is 0.0295. The third-order valence-electron chi connectivity index (χ3n) is 2.42. The standard InChI is InChI=1S/C13H17NOS/c1-4-5-6-7-8-14-13(15)12-9-10(2)11(3)16-12/h1,9H,5-8H2,2-3H3,(H,14,15). The minimum atomic E-state index is 0.0295. The zero-order chi connectivity index (χ0) is 12.0. The van der Waals surface area contributed by atoms with E-state index >= 15 is 0 Å². The fourth-order valence-electron chi connectivity index (χ4n) is 1.33. The molecule has 2 nitrogen and oxygen atoms in total. The van der Waals surface area contributed by atoms with E-state index in [0.717, 1.165) is 24.1 Å². The maximum Gasteiger partial charge on any atom is 0.261 e.